The van der Waals surface area contributed by atoms with Crippen molar-refractivity contribution in [1.29, 1.82) is 0 Å². The lowest BCUT2D eigenvalue weighted by Gasteiger charge is -2.13. The number of primary amides is 1. The Bertz CT molecular complexity index is 501. The Morgan fingerprint density at radius 3 is 2.53 bits per heavy atom. The number of phenols is 1. The minimum atomic E-state index is -1.25. The van der Waals surface area contributed by atoms with Gasteiger partial charge in [0.1, 0.15) is 11.8 Å². The van der Waals surface area contributed by atoms with Crippen LogP contribution in [0.25, 0.3) is 0 Å². The van der Waals surface area contributed by atoms with E-state index in [2.05, 4.69) is 5.32 Å². The molecule has 1 aromatic rings. The molecule has 1 rings (SSSR count). The maximum atomic E-state index is 11.8. The zero-order valence-electron chi connectivity index (χ0n) is 10.00. The van der Waals surface area contributed by atoms with E-state index in [4.69, 9.17) is 10.8 Å². The summed E-state index contributed by atoms with van der Waals surface area (Å²) in [6, 6.07) is 4.29. The van der Waals surface area contributed by atoms with Crippen molar-refractivity contribution in [3.63, 3.8) is 0 Å². The molecule has 102 valence electrons. The van der Waals surface area contributed by atoms with Gasteiger partial charge in [-0.2, -0.15) is 0 Å². The Morgan fingerprint density at radius 2 is 2.00 bits per heavy atom. The molecule has 7 heteroatoms. The highest BCUT2D eigenvalue weighted by Gasteiger charge is 2.21. The lowest BCUT2D eigenvalue weighted by molar-refractivity contribution is -0.139. The summed E-state index contributed by atoms with van der Waals surface area (Å²) >= 11 is 0. The van der Waals surface area contributed by atoms with Crippen LogP contribution in [0.5, 0.6) is 5.75 Å². The lowest BCUT2D eigenvalue weighted by atomic mass is 10.1. The first-order valence-electron chi connectivity index (χ1n) is 5.51. The zero-order valence-corrected chi connectivity index (χ0v) is 10.00. The van der Waals surface area contributed by atoms with Crippen LogP contribution in [0.15, 0.2) is 24.3 Å². The van der Waals surface area contributed by atoms with Crippen LogP contribution >= 0.6 is 0 Å². The predicted molar refractivity (Wildman–Crippen MR) is 65.4 cm³/mol. The molecule has 0 fully saturated rings. The topological polar surface area (TPSA) is 130 Å². The molecule has 0 aliphatic rings. The van der Waals surface area contributed by atoms with Gasteiger partial charge in [0.05, 0.1) is 0 Å². The van der Waals surface area contributed by atoms with Crippen LogP contribution in [0.2, 0.25) is 0 Å². The van der Waals surface area contributed by atoms with Gasteiger partial charge in [-0.15, -0.1) is 0 Å². The third-order valence-corrected chi connectivity index (χ3v) is 2.39. The quantitative estimate of drug-likeness (QED) is 0.568. The Hall–Kier alpha value is -2.57. The number of nitrogens with one attached hydrogen (secondary N) is 1. The van der Waals surface area contributed by atoms with Gasteiger partial charge in [-0.25, -0.2) is 4.79 Å². The van der Waals surface area contributed by atoms with Gasteiger partial charge >= 0.3 is 5.97 Å². The summed E-state index contributed by atoms with van der Waals surface area (Å²) in [6.07, 6.45) is -0.230. The van der Waals surface area contributed by atoms with E-state index in [1.165, 1.54) is 24.3 Å². The Balaban J connectivity index is 2.71. The van der Waals surface area contributed by atoms with Crippen molar-refractivity contribution in [2.24, 2.45) is 5.73 Å². The number of carbonyl (C=O) groups is 3. The number of aromatic hydroxyl groups is 1. The van der Waals surface area contributed by atoms with E-state index in [-0.39, 0.29) is 24.2 Å². The number of hydrogen-bond donors (Lipinski definition) is 4. The highest BCUT2D eigenvalue weighted by Crippen LogP contribution is 2.11. The van der Waals surface area contributed by atoms with Gasteiger partial charge in [-0.3, -0.25) is 9.59 Å². The van der Waals surface area contributed by atoms with Crippen LogP contribution in [0.1, 0.15) is 23.2 Å². The second-order valence-electron chi connectivity index (χ2n) is 3.92. The third kappa shape index (κ3) is 4.66. The lowest BCUT2D eigenvalue weighted by Crippen LogP contribution is -2.41. The van der Waals surface area contributed by atoms with Crippen LogP contribution in [0.4, 0.5) is 0 Å². The summed E-state index contributed by atoms with van der Waals surface area (Å²) in [7, 11) is 0. The second kappa shape index (κ2) is 6.39. The molecule has 1 aromatic carbocycles. The number of benzene rings is 1. The molecule has 0 aliphatic heterocycles. The van der Waals surface area contributed by atoms with E-state index in [1.54, 1.807) is 0 Å². The normalized spacial score (nSPS) is 11.6. The van der Waals surface area contributed by atoms with Crippen LogP contribution in [-0.2, 0) is 9.59 Å². The van der Waals surface area contributed by atoms with Crippen LogP contribution in [-0.4, -0.2) is 34.0 Å². The Labute approximate surface area is 109 Å². The third-order valence-electron chi connectivity index (χ3n) is 2.39. The number of aliphatic carboxylic acids is 1. The monoisotopic (exact) mass is 266 g/mol. The number of rotatable bonds is 6. The maximum absolute atomic E-state index is 11.8. The number of nitrogens with two attached hydrogens (primary N) is 1. The molecule has 1 atom stereocenters. The predicted octanol–water partition coefficient (Wildman–Crippen LogP) is -0.159. The van der Waals surface area contributed by atoms with E-state index < -0.39 is 23.8 Å². The van der Waals surface area contributed by atoms with Crippen molar-refractivity contribution in [3.8, 4) is 5.75 Å². The average molecular weight is 266 g/mol. The SMILES string of the molecule is NC(=O)CCC(NC(=O)c1cccc(O)c1)C(=O)O. The standard InChI is InChI=1S/C12H14N2O5/c13-10(16)5-4-9(12(18)19)14-11(17)7-2-1-3-8(15)6-7/h1-3,6,9,15H,4-5H2,(H2,13,16)(H,14,17)(H,18,19). The minimum absolute atomic E-state index is 0.0881. The summed E-state index contributed by atoms with van der Waals surface area (Å²) in [4.78, 5) is 33.3. The summed E-state index contributed by atoms with van der Waals surface area (Å²) in [5, 5.41) is 20.4. The van der Waals surface area contributed by atoms with E-state index in [1.807, 2.05) is 0 Å². The summed E-state index contributed by atoms with van der Waals surface area (Å²) in [5.41, 5.74) is 5.05. The van der Waals surface area contributed by atoms with Gasteiger partial charge in [0.15, 0.2) is 0 Å². The molecule has 2 amide bonds. The molecule has 19 heavy (non-hydrogen) atoms. The zero-order chi connectivity index (χ0) is 14.4. The molecule has 0 aromatic heterocycles. The number of amides is 2. The van der Waals surface area contributed by atoms with Crippen molar-refractivity contribution in [1.82, 2.24) is 5.32 Å². The molecule has 5 N–H and O–H groups in total. The van der Waals surface area contributed by atoms with Crippen LogP contribution in [0, 0.1) is 0 Å². The molecule has 7 nitrogen and oxygen atoms in total. The molecular formula is C12H14N2O5. The van der Waals surface area contributed by atoms with Crippen LogP contribution in [0.3, 0.4) is 0 Å². The van der Waals surface area contributed by atoms with E-state index in [9.17, 15) is 19.5 Å². The molecule has 0 aliphatic carbocycles. The average Bonchev–Trinajstić information content (AvgIpc) is 2.33. The van der Waals surface area contributed by atoms with Crippen molar-refractivity contribution in [2.45, 2.75) is 18.9 Å². The molecule has 1 unspecified atom stereocenters. The largest absolute Gasteiger partial charge is 0.508 e. The van der Waals surface area contributed by atoms with Gasteiger partial charge in [-0.05, 0) is 24.6 Å². The maximum Gasteiger partial charge on any atom is 0.326 e. The number of carbonyl (C=O) groups excluding carboxylic acids is 2. The van der Waals surface area contributed by atoms with E-state index >= 15 is 0 Å². The van der Waals surface area contributed by atoms with Crippen molar-refractivity contribution in [3.05, 3.63) is 29.8 Å². The summed E-state index contributed by atoms with van der Waals surface area (Å²) in [5.74, 6) is -2.64. The fourth-order valence-electron chi connectivity index (χ4n) is 1.43. The second-order valence-corrected chi connectivity index (χ2v) is 3.92. The smallest absolute Gasteiger partial charge is 0.326 e. The molecule has 0 heterocycles. The summed E-state index contributed by atoms with van der Waals surface area (Å²) < 4.78 is 0. The molecular weight excluding hydrogens is 252 g/mol. The highest BCUT2D eigenvalue weighted by atomic mass is 16.4. The number of carboxylic acid groups (broad SMARTS) is 1. The van der Waals surface area contributed by atoms with Crippen molar-refractivity contribution >= 4 is 17.8 Å². The van der Waals surface area contributed by atoms with E-state index in [0.29, 0.717) is 0 Å². The molecule has 0 saturated heterocycles. The van der Waals surface area contributed by atoms with Gasteiger partial charge in [0.25, 0.3) is 5.91 Å². The van der Waals surface area contributed by atoms with Gasteiger partial charge in [0, 0.05) is 12.0 Å². The van der Waals surface area contributed by atoms with E-state index in [0.717, 1.165) is 0 Å². The molecule has 0 spiro atoms. The first-order valence-corrected chi connectivity index (χ1v) is 5.51. The van der Waals surface area contributed by atoms with Crippen molar-refractivity contribution < 1.29 is 24.6 Å². The summed E-state index contributed by atoms with van der Waals surface area (Å²) in [6.45, 7) is 0. The first kappa shape index (κ1) is 14.5. The van der Waals surface area contributed by atoms with Crippen molar-refractivity contribution in [2.75, 3.05) is 0 Å². The fourth-order valence-corrected chi connectivity index (χ4v) is 1.43. The molecule has 0 saturated carbocycles. The highest BCUT2D eigenvalue weighted by molar-refractivity contribution is 5.97. The first-order chi connectivity index (χ1) is 8.90. The molecule has 0 radical (unpaired) electrons. The minimum Gasteiger partial charge on any atom is -0.508 e. The molecule has 0 bridgehead atoms. The fraction of sp³-hybridized carbons (Fsp3) is 0.250. The number of phenolic OH excluding ortho intramolecular Hbond substituents is 1. The van der Waals surface area contributed by atoms with Gasteiger partial charge < -0.3 is 21.3 Å². The van der Waals surface area contributed by atoms with Gasteiger partial charge in [-0.1, -0.05) is 6.07 Å². The number of carboxylic acids is 1. The van der Waals surface area contributed by atoms with Crippen LogP contribution < -0.4 is 11.1 Å². The number of hydrogen-bond acceptors (Lipinski definition) is 4. The van der Waals surface area contributed by atoms with Gasteiger partial charge in [0.2, 0.25) is 5.91 Å². The Kier molecular flexibility index (Phi) is 4.87. The Morgan fingerprint density at radius 1 is 1.32 bits per heavy atom.